The summed E-state index contributed by atoms with van der Waals surface area (Å²) in [7, 11) is 0. The molecule has 0 unspecified atom stereocenters. The maximum Gasteiger partial charge on any atom is 0.267 e. The zero-order valence-corrected chi connectivity index (χ0v) is 8.15. The van der Waals surface area contributed by atoms with Crippen LogP contribution in [-0.2, 0) is 0 Å². The Hall–Kier alpha value is -1.84. The molecule has 0 spiro atoms. The fourth-order valence-corrected chi connectivity index (χ4v) is 1.16. The molecule has 0 atom stereocenters. The van der Waals surface area contributed by atoms with Crippen molar-refractivity contribution >= 4 is 12.2 Å². The molecule has 74 valence electrons. The van der Waals surface area contributed by atoms with Gasteiger partial charge >= 0.3 is 0 Å². The van der Waals surface area contributed by atoms with Crippen molar-refractivity contribution in [2.24, 2.45) is 0 Å². The first-order valence-electron chi connectivity index (χ1n) is 4.31. The molecular weight excluding hydrogens is 180 g/mol. The van der Waals surface area contributed by atoms with Crippen molar-refractivity contribution in [2.45, 2.75) is 13.8 Å². The van der Waals surface area contributed by atoms with Gasteiger partial charge in [-0.25, -0.2) is 0 Å². The van der Waals surface area contributed by atoms with E-state index in [1.807, 2.05) is 19.1 Å². The summed E-state index contributed by atoms with van der Waals surface area (Å²) in [5.41, 5.74) is 0.0931. The summed E-state index contributed by atoms with van der Waals surface area (Å²) in [4.78, 5) is 13.1. The Morgan fingerprint density at radius 2 is 2.29 bits per heavy atom. The quantitative estimate of drug-likeness (QED) is 0.556. The van der Waals surface area contributed by atoms with Gasteiger partial charge in [-0.1, -0.05) is 6.08 Å². The normalized spacial score (nSPS) is 14.9. The molecule has 0 aliphatic carbocycles. The molecule has 1 heterocycles. The SMILES string of the molecule is C/C=c1/cc[nH]/c1=C/C(=C\C)[N+](=O)[O-]. The van der Waals surface area contributed by atoms with Crippen LogP contribution >= 0.6 is 0 Å². The monoisotopic (exact) mass is 192 g/mol. The Kier molecular flexibility index (Phi) is 3.23. The highest BCUT2D eigenvalue weighted by molar-refractivity contribution is 5.41. The van der Waals surface area contributed by atoms with E-state index >= 15 is 0 Å². The molecule has 0 aliphatic heterocycles. The maximum atomic E-state index is 10.5. The van der Waals surface area contributed by atoms with E-state index in [0.29, 0.717) is 0 Å². The van der Waals surface area contributed by atoms with Crippen LogP contribution in [0.1, 0.15) is 13.8 Å². The van der Waals surface area contributed by atoms with Crippen molar-refractivity contribution < 1.29 is 4.92 Å². The van der Waals surface area contributed by atoms with Crippen molar-refractivity contribution in [3.63, 3.8) is 0 Å². The highest BCUT2D eigenvalue weighted by atomic mass is 16.6. The van der Waals surface area contributed by atoms with Crippen molar-refractivity contribution in [2.75, 3.05) is 0 Å². The van der Waals surface area contributed by atoms with Gasteiger partial charge in [0.1, 0.15) is 0 Å². The molecule has 0 fully saturated rings. The van der Waals surface area contributed by atoms with Crippen molar-refractivity contribution in [1.82, 2.24) is 4.98 Å². The van der Waals surface area contributed by atoms with E-state index in [1.54, 1.807) is 13.1 Å². The summed E-state index contributed by atoms with van der Waals surface area (Å²) in [5, 5.41) is 12.3. The van der Waals surface area contributed by atoms with Gasteiger partial charge in [0.2, 0.25) is 0 Å². The molecule has 4 nitrogen and oxygen atoms in total. The van der Waals surface area contributed by atoms with E-state index in [0.717, 1.165) is 10.6 Å². The Bertz CT molecular complexity index is 469. The third-order valence-electron chi connectivity index (χ3n) is 1.92. The van der Waals surface area contributed by atoms with Crippen LogP contribution in [0, 0.1) is 10.1 Å². The average molecular weight is 192 g/mol. The van der Waals surface area contributed by atoms with Gasteiger partial charge < -0.3 is 4.98 Å². The molecule has 4 heteroatoms. The topological polar surface area (TPSA) is 58.9 Å². The van der Waals surface area contributed by atoms with Crippen molar-refractivity contribution in [1.29, 1.82) is 0 Å². The van der Waals surface area contributed by atoms with Gasteiger partial charge in [0.25, 0.3) is 5.70 Å². The number of hydrogen-bond donors (Lipinski definition) is 1. The maximum absolute atomic E-state index is 10.5. The Balaban J connectivity index is 3.30. The van der Waals surface area contributed by atoms with Crippen LogP contribution in [0.4, 0.5) is 0 Å². The summed E-state index contributed by atoms with van der Waals surface area (Å²) >= 11 is 0. The molecule has 0 radical (unpaired) electrons. The molecule has 0 amide bonds. The van der Waals surface area contributed by atoms with E-state index in [2.05, 4.69) is 4.98 Å². The largest absolute Gasteiger partial charge is 0.361 e. The number of hydrogen-bond acceptors (Lipinski definition) is 2. The molecule has 14 heavy (non-hydrogen) atoms. The summed E-state index contributed by atoms with van der Waals surface area (Å²) < 4.78 is 0. The van der Waals surface area contributed by atoms with E-state index in [4.69, 9.17) is 0 Å². The highest BCUT2D eigenvalue weighted by Gasteiger charge is 2.03. The summed E-state index contributed by atoms with van der Waals surface area (Å²) in [6, 6.07) is 1.87. The number of nitrogens with one attached hydrogen (secondary N) is 1. The average Bonchev–Trinajstić information content (AvgIpc) is 2.60. The molecular formula is C10H12N2O2. The van der Waals surface area contributed by atoms with E-state index < -0.39 is 4.92 Å². The molecule has 0 saturated carbocycles. The highest BCUT2D eigenvalue weighted by Crippen LogP contribution is 1.94. The number of nitrogens with zero attached hydrogens (tertiary/aromatic N) is 1. The fraction of sp³-hybridized carbons (Fsp3) is 0.200. The number of aromatic amines is 1. The first-order valence-corrected chi connectivity index (χ1v) is 4.31. The minimum Gasteiger partial charge on any atom is -0.361 e. The van der Waals surface area contributed by atoms with Crippen LogP contribution in [0.2, 0.25) is 0 Å². The Morgan fingerprint density at radius 3 is 2.79 bits per heavy atom. The zero-order valence-electron chi connectivity index (χ0n) is 8.15. The number of H-pyrrole nitrogens is 1. The van der Waals surface area contributed by atoms with Crippen LogP contribution in [0.3, 0.4) is 0 Å². The number of allylic oxidation sites excluding steroid dienone is 2. The summed E-state index contributed by atoms with van der Waals surface area (Å²) in [5.74, 6) is 0. The second-order valence-electron chi connectivity index (χ2n) is 2.75. The lowest BCUT2D eigenvalue weighted by atomic mass is 10.3. The zero-order chi connectivity index (χ0) is 10.6. The minimum atomic E-state index is -0.402. The summed E-state index contributed by atoms with van der Waals surface area (Å²) in [6.45, 7) is 3.54. The second kappa shape index (κ2) is 4.41. The molecule has 0 bridgehead atoms. The molecule has 1 aromatic rings. The van der Waals surface area contributed by atoms with Crippen molar-refractivity contribution in [3.8, 4) is 0 Å². The van der Waals surface area contributed by atoms with Gasteiger partial charge in [-0.3, -0.25) is 10.1 Å². The Morgan fingerprint density at radius 1 is 1.57 bits per heavy atom. The minimum absolute atomic E-state index is 0.0931. The van der Waals surface area contributed by atoms with Crippen LogP contribution in [0.5, 0.6) is 0 Å². The molecule has 0 aliphatic rings. The van der Waals surface area contributed by atoms with E-state index in [1.165, 1.54) is 12.2 Å². The van der Waals surface area contributed by atoms with Gasteiger partial charge in [-0.05, 0) is 31.2 Å². The first-order chi connectivity index (χ1) is 6.69. The standard InChI is InChI=1S/C10H12N2O2/c1-3-8-5-6-11-10(8)7-9(4-2)12(13)14/h3-7,11H,1-2H3/b8-3-,9-4+,10-7+. The lowest BCUT2D eigenvalue weighted by Crippen LogP contribution is -2.22. The first kappa shape index (κ1) is 10.2. The predicted octanol–water partition coefficient (Wildman–Crippen LogP) is 0.776. The summed E-state index contributed by atoms with van der Waals surface area (Å²) in [6.07, 6.45) is 6.65. The lowest BCUT2D eigenvalue weighted by molar-refractivity contribution is -0.416. The lowest BCUT2D eigenvalue weighted by Gasteiger charge is -1.87. The van der Waals surface area contributed by atoms with Gasteiger partial charge in [0.15, 0.2) is 0 Å². The van der Waals surface area contributed by atoms with Crippen LogP contribution < -0.4 is 10.6 Å². The molecule has 1 rings (SSSR count). The number of rotatable bonds is 2. The van der Waals surface area contributed by atoms with Crippen LogP contribution in [0.15, 0.2) is 24.0 Å². The number of nitro groups is 1. The molecule has 1 aromatic heterocycles. The molecule has 0 aromatic carbocycles. The van der Waals surface area contributed by atoms with Crippen molar-refractivity contribution in [3.05, 3.63) is 44.7 Å². The third-order valence-corrected chi connectivity index (χ3v) is 1.92. The number of aromatic nitrogens is 1. The van der Waals surface area contributed by atoms with E-state index in [9.17, 15) is 10.1 Å². The molecule has 1 N–H and O–H groups in total. The van der Waals surface area contributed by atoms with Crippen LogP contribution in [0.25, 0.3) is 12.2 Å². The van der Waals surface area contributed by atoms with Gasteiger partial charge in [0, 0.05) is 12.3 Å². The van der Waals surface area contributed by atoms with E-state index in [-0.39, 0.29) is 5.70 Å². The smallest absolute Gasteiger partial charge is 0.267 e. The predicted molar refractivity (Wildman–Crippen MR) is 55.4 cm³/mol. The van der Waals surface area contributed by atoms with Crippen LogP contribution in [-0.4, -0.2) is 9.91 Å². The van der Waals surface area contributed by atoms with Gasteiger partial charge in [-0.15, -0.1) is 0 Å². The van der Waals surface area contributed by atoms with Gasteiger partial charge in [0.05, 0.1) is 10.3 Å². The third kappa shape index (κ3) is 2.10. The second-order valence-corrected chi connectivity index (χ2v) is 2.75. The molecule has 0 saturated heterocycles. The Labute approximate surface area is 81.4 Å². The fourth-order valence-electron chi connectivity index (χ4n) is 1.16. The van der Waals surface area contributed by atoms with Gasteiger partial charge in [-0.2, -0.15) is 0 Å².